The van der Waals surface area contributed by atoms with Gasteiger partial charge in [-0.15, -0.1) is 0 Å². The molecular formula is C15H28N4. The van der Waals surface area contributed by atoms with Gasteiger partial charge in [-0.05, 0) is 32.2 Å². The van der Waals surface area contributed by atoms with Gasteiger partial charge in [-0.1, -0.05) is 19.8 Å². The maximum absolute atomic E-state index is 6.15. The monoisotopic (exact) mass is 264 g/mol. The molecule has 1 aromatic heterocycles. The minimum atomic E-state index is 0.163. The molecule has 2 rings (SSSR count). The van der Waals surface area contributed by atoms with E-state index in [9.17, 15) is 0 Å². The molecule has 2 atom stereocenters. The summed E-state index contributed by atoms with van der Waals surface area (Å²) in [5, 5.41) is 0. The third-order valence-corrected chi connectivity index (χ3v) is 4.93. The molecule has 2 unspecified atom stereocenters. The van der Waals surface area contributed by atoms with Gasteiger partial charge in [-0.2, -0.15) is 0 Å². The standard InChI is InChI=1S/C15H28N4/c1-13-5-4-7-15(12-16,8-6-13)19(3)11-14-17-9-10-18(14)2/h9-10,13H,4-8,11-12,16H2,1-3H3. The second kappa shape index (κ2) is 6.06. The van der Waals surface area contributed by atoms with Gasteiger partial charge in [0.1, 0.15) is 5.82 Å². The minimum Gasteiger partial charge on any atom is -0.337 e. The van der Waals surface area contributed by atoms with Gasteiger partial charge in [-0.25, -0.2) is 4.98 Å². The number of nitrogens with zero attached hydrogens (tertiary/aromatic N) is 3. The number of aryl methyl sites for hydroxylation is 1. The van der Waals surface area contributed by atoms with Crippen molar-refractivity contribution in [2.45, 2.75) is 51.1 Å². The average molecular weight is 264 g/mol. The number of nitrogens with two attached hydrogens (primary N) is 1. The lowest BCUT2D eigenvalue weighted by Crippen LogP contribution is -2.51. The fourth-order valence-corrected chi connectivity index (χ4v) is 3.23. The number of imidazole rings is 1. The second-order valence-corrected chi connectivity index (χ2v) is 6.27. The lowest BCUT2D eigenvalue weighted by atomic mass is 9.88. The van der Waals surface area contributed by atoms with Crippen LogP contribution in [0.15, 0.2) is 12.4 Å². The SMILES string of the molecule is CC1CCCC(CN)(N(C)Cc2nccn2C)CC1. The highest BCUT2D eigenvalue weighted by molar-refractivity contribution is 4.97. The fourth-order valence-electron chi connectivity index (χ4n) is 3.23. The first kappa shape index (κ1) is 14.5. The fraction of sp³-hybridized carbons (Fsp3) is 0.800. The molecule has 0 spiro atoms. The molecule has 1 fully saturated rings. The topological polar surface area (TPSA) is 47.1 Å². The zero-order valence-corrected chi connectivity index (χ0v) is 12.6. The molecule has 19 heavy (non-hydrogen) atoms. The Balaban J connectivity index is 2.09. The first-order chi connectivity index (χ1) is 9.07. The maximum atomic E-state index is 6.15. The highest BCUT2D eigenvalue weighted by atomic mass is 15.2. The number of aromatic nitrogens is 2. The van der Waals surface area contributed by atoms with Crippen molar-refractivity contribution in [3.63, 3.8) is 0 Å². The third kappa shape index (κ3) is 3.18. The first-order valence-electron chi connectivity index (χ1n) is 7.45. The van der Waals surface area contributed by atoms with Gasteiger partial charge >= 0.3 is 0 Å². The van der Waals surface area contributed by atoms with Crippen LogP contribution in [-0.4, -0.2) is 33.6 Å². The molecule has 0 aromatic carbocycles. The summed E-state index contributed by atoms with van der Waals surface area (Å²) in [6, 6.07) is 0. The number of hydrogen-bond donors (Lipinski definition) is 1. The molecule has 1 aromatic rings. The largest absolute Gasteiger partial charge is 0.337 e. The predicted molar refractivity (Wildman–Crippen MR) is 78.7 cm³/mol. The number of likely N-dealkylation sites (N-methyl/N-ethyl adjacent to an activating group) is 1. The van der Waals surface area contributed by atoms with Crippen LogP contribution >= 0.6 is 0 Å². The number of rotatable bonds is 4. The highest BCUT2D eigenvalue weighted by Gasteiger charge is 2.35. The van der Waals surface area contributed by atoms with Crippen LogP contribution in [0.5, 0.6) is 0 Å². The van der Waals surface area contributed by atoms with Gasteiger partial charge in [0.2, 0.25) is 0 Å². The molecule has 1 saturated carbocycles. The molecule has 0 aliphatic heterocycles. The van der Waals surface area contributed by atoms with Crippen LogP contribution in [0.3, 0.4) is 0 Å². The average Bonchev–Trinajstić information content (AvgIpc) is 2.69. The predicted octanol–water partition coefficient (Wildman–Crippen LogP) is 2.15. The molecule has 4 nitrogen and oxygen atoms in total. The van der Waals surface area contributed by atoms with Crippen LogP contribution in [0.4, 0.5) is 0 Å². The third-order valence-electron chi connectivity index (χ3n) is 4.93. The zero-order chi connectivity index (χ0) is 13.9. The Labute approximate surface area is 117 Å². The Morgan fingerprint density at radius 3 is 2.89 bits per heavy atom. The van der Waals surface area contributed by atoms with E-state index in [2.05, 4.69) is 35.5 Å². The summed E-state index contributed by atoms with van der Waals surface area (Å²) < 4.78 is 2.10. The van der Waals surface area contributed by atoms with Gasteiger partial charge in [0.15, 0.2) is 0 Å². The highest BCUT2D eigenvalue weighted by Crippen LogP contribution is 2.34. The van der Waals surface area contributed by atoms with Crippen LogP contribution in [0, 0.1) is 5.92 Å². The summed E-state index contributed by atoms with van der Waals surface area (Å²) in [5.74, 6) is 1.96. The quantitative estimate of drug-likeness (QED) is 0.848. The van der Waals surface area contributed by atoms with Gasteiger partial charge in [0.25, 0.3) is 0 Å². The molecule has 0 radical (unpaired) electrons. The van der Waals surface area contributed by atoms with Crippen molar-refractivity contribution in [3.8, 4) is 0 Å². The van der Waals surface area contributed by atoms with Crippen molar-refractivity contribution >= 4 is 0 Å². The smallest absolute Gasteiger partial charge is 0.122 e. The van der Waals surface area contributed by atoms with Crippen molar-refractivity contribution in [2.75, 3.05) is 13.6 Å². The lowest BCUT2D eigenvalue weighted by Gasteiger charge is -2.40. The molecule has 1 heterocycles. The summed E-state index contributed by atoms with van der Waals surface area (Å²) in [4.78, 5) is 6.87. The van der Waals surface area contributed by atoms with E-state index < -0.39 is 0 Å². The number of hydrogen-bond acceptors (Lipinski definition) is 3. The van der Waals surface area contributed by atoms with Crippen LogP contribution < -0.4 is 5.73 Å². The summed E-state index contributed by atoms with van der Waals surface area (Å²) in [7, 11) is 4.26. The van der Waals surface area contributed by atoms with E-state index in [1.165, 1.54) is 32.1 Å². The Morgan fingerprint density at radius 2 is 2.26 bits per heavy atom. The van der Waals surface area contributed by atoms with Crippen LogP contribution in [0.25, 0.3) is 0 Å². The van der Waals surface area contributed by atoms with E-state index in [-0.39, 0.29) is 5.54 Å². The normalized spacial score (nSPS) is 28.6. The summed E-state index contributed by atoms with van der Waals surface area (Å²) >= 11 is 0. The Bertz CT molecular complexity index is 401. The maximum Gasteiger partial charge on any atom is 0.122 e. The summed E-state index contributed by atoms with van der Waals surface area (Å²) in [5.41, 5.74) is 6.32. The van der Waals surface area contributed by atoms with E-state index in [1.807, 2.05) is 12.4 Å². The van der Waals surface area contributed by atoms with Gasteiger partial charge in [-0.3, -0.25) is 4.90 Å². The molecular weight excluding hydrogens is 236 g/mol. The van der Waals surface area contributed by atoms with Crippen LogP contribution in [0.2, 0.25) is 0 Å². The summed E-state index contributed by atoms with van der Waals surface area (Å²) in [6.45, 7) is 4.00. The Hall–Kier alpha value is -0.870. The Kier molecular flexibility index (Phi) is 4.63. The summed E-state index contributed by atoms with van der Waals surface area (Å²) in [6.07, 6.45) is 10.2. The van der Waals surface area contributed by atoms with Crippen molar-refractivity contribution in [1.82, 2.24) is 14.5 Å². The van der Waals surface area contributed by atoms with Gasteiger partial charge in [0.05, 0.1) is 6.54 Å². The molecule has 4 heteroatoms. The molecule has 0 bridgehead atoms. The van der Waals surface area contributed by atoms with Crippen molar-refractivity contribution in [3.05, 3.63) is 18.2 Å². The molecule has 2 N–H and O–H groups in total. The van der Waals surface area contributed by atoms with E-state index in [0.717, 1.165) is 24.8 Å². The van der Waals surface area contributed by atoms with E-state index >= 15 is 0 Å². The first-order valence-corrected chi connectivity index (χ1v) is 7.45. The van der Waals surface area contributed by atoms with E-state index in [4.69, 9.17) is 5.73 Å². The van der Waals surface area contributed by atoms with Crippen LogP contribution in [0.1, 0.15) is 44.9 Å². The van der Waals surface area contributed by atoms with E-state index in [1.54, 1.807) is 0 Å². The van der Waals surface area contributed by atoms with Gasteiger partial charge < -0.3 is 10.3 Å². The molecule has 1 aliphatic carbocycles. The van der Waals surface area contributed by atoms with Crippen molar-refractivity contribution in [2.24, 2.45) is 18.7 Å². The zero-order valence-electron chi connectivity index (χ0n) is 12.6. The molecule has 1 aliphatic rings. The van der Waals surface area contributed by atoms with Crippen molar-refractivity contribution in [1.29, 1.82) is 0 Å². The molecule has 0 amide bonds. The minimum absolute atomic E-state index is 0.163. The van der Waals surface area contributed by atoms with Crippen LogP contribution in [-0.2, 0) is 13.6 Å². The Morgan fingerprint density at radius 1 is 1.47 bits per heavy atom. The van der Waals surface area contributed by atoms with Gasteiger partial charge in [0, 0.05) is 31.5 Å². The second-order valence-electron chi connectivity index (χ2n) is 6.27. The molecule has 0 saturated heterocycles. The van der Waals surface area contributed by atoms with E-state index in [0.29, 0.717) is 0 Å². The lowest BCUT2D eigenvalue weighted by molar-refractivity contribution is 0.0950. The molecule has 108 valence electrons. The van der Waals surface area contributed by atoms with Crippen molar-refractivity contribution < 1.29 is 0 Å².